The van der Waals surface area contributed by atoms with Crippen molar-refractivity contribution in [3.8, 4) is 0 Å². The molecule has 1 saturated carbocycles. The van der Waals surface area contributed by atoms with Crippen molar-refractivity contribution in [1.82, 2.24) is 10.2 Å². The Morgan fingerprint density at radius 1 is 1.24 bits per heavy atom. The van der Waals surface area contributed by atoms with Crippen LogP contribution in [0.1, 0.15) is 39.5 Å². The van der Waals surface area contributed by atoms with Gasteiger partial charge in [-0.1, -0.05) is 13.8 Å². The maximum Gasteiger partial charge on any atom is 0.246 e. The van der Waals surface area contributed by atoms with Crippen LogP contribution in [0.2, 0.25) is 0 Å². The molecule has 6 nitrogen and oxygen atoms in total. The Hall–Kier alpha value is -1.11. The van der Waals surface area contributed by atoms with Crippen LogP contribution in [-0.2, 0) is 19.4 Å². The third-order valence-electron chi connectivity index (χ3n) is 4.30. The minimum absolute atomic E-state index is 0.0437. The summed E-state index contributed by atoms with van der Waals surface area (Å²) in [6.45, 7) is 3.82. The molecule has 21 heavy (non-hydrogen) atoms. The molecule has 0 aromatic rings. The van der Waals surface area contributed by atoms with Gasteiger partial charge < -0.3 is 10.2 Å². The number of nitrogens with zero attached hydrogens (tertiary/aromatic N) is 1. The Morgan fingerprint density at radius 3 is 2.43 bits per heavy atom. The molecule has 2 unspecified atom stereocenters. The van der Waals surface area contributed by atoms with Crippen molar-refractivity contribution in [3.63, 3.8) is 0 Å². The summed E-state index contributed by atoms with van der Waals surface area (Å²) in [5, 5.41) is 2.83. The van der Waals surface area contributed by atoms with Crippen LogP contribution in [0, 0.1) is 5.92 Å². The van der Waals surface area contributed by atoms with Gasteiger partial charge in [-0.2, -0.15) is 0 Å². The van der Waals surface area contributed by atoms with Gasteiger partial charge in [-0.15, -0.1) is 0 Å². The van der Waals surface area contributed by atoms with Crippen LogP contribution in [0.5, 0.6) is 0 Å². The SMILES string of the molecule is CCC1C(=O)NC(C2CC2)C(=O)N1CCCS(=O)(=O)CC. The first-order valence-corrected chi connectivity index (χ1v) is 9.53. The molecule has 120 valence electrons. The Balaban J connectivity index is 2.01. The number of carbonyl (C=O) groups is 2. The average molecular weight is 316 g/mol. The number of nitrogens with one attached hydrogen (secondary N) is 1. The van der Waals surface area contributed by atoms with E-state index in [0.717, 1.165) is 12.8 Å². The second kappa shape index (κ2) is 6.34. The van der Waals surface area contributed by atoms with Gasteiger partial charge in [0.15, 0.2) is 0 Å². The molecule has 0 bridgehead atoms. The van der Waals surface area contributed by atoms with E-state index in [4.69, 9.17) is 0 Å². The minimum Gasteiger partial charge on any atom is -0.342 e. The highest BCUT2D eigenvalue weighted by molar-refractivity contribution is 7.91. The van der Waals surface area contributed by atoms with Gasteiger partial charge in [-0.05, 0) is 31.6 Å². The summed E-state index contributed by atoms with van der Waals surface area (Å²) in [5.74, 6) is 0.300. The molecule has 1 saturated heterocycles. The van der Waals surface area contributed by atoms with Gasteiger partial charge in [0, 0.05) is 12.3 Å². The first kappa shape index (κ1) is 16.3. The molecule has 1 aliphatic carbocycles. The van der Waals surface area contributed by atoms with Crippen LogP contribution in [-0.4, -0.2) is 55.3 Å². The van der Waals surface area contributed by atoms with E-state index < -0.39 is 21.9 Å². The molecule has 1 N–H and O–H groups in total. The fourth-order valence-electron chi connectivity index (χ4n) is 2.80. The number of rotatable bonds is 7. The van der Waals surface area contributed by atoms with E-state index >= 15 is 0 Å². The predicted octanol–water partition coefficient (Wildman–Crippen LogP) is 0.327. The Morgan fingerprint density at radius 2 is 1.90 bits per heavy atom. The standard InChI is InChI=1S/C14H24N2O4S/c1-3-11-13(17)15-12(10-6-7-10)14(18)16(11)8-5-9-21(19,20)4-2/h10-12H,3-9H2,1-2H3,(H,15,17). The van der Waals surface area contributed by atoms with Gasteiger partial charge in [0.2, 0.25) is 11.8 Å². The molecule has 0 spiro atoms. The molecule has 2 atom stereocenters. The van der Waals surface area contributed by atoms with Crippen molar-refractivity contribution in [3.05, 3.63) is 0 Å². The lowest BCUT2D eigenvalue weighted by Crippen LogP contribution is -2.64. The van der Waals surface area contributed by atoms with E-state index in [-0.39, 0.29) is 29.2 Å². The number of sulfone groups is 1. The van der Waals surface area contributed by atoms with Crippen molar-refractivity contribution in [2.75, 3.05) is 18.1 Å². The lowest BCUT2D eigenvalue weighted by Gasteiger charge is -2.38. The summed E-state index contributed by atoms with van der Waals surface area (Å²) in [4.78, 5) is 26.2. The Labute approximate surface area is 126 Å². The van der Waals surface area contributed by atoms with Gasteiger partial charge in [-0.3, -0.25) is 9.59 Å². The first-order valence-electron chi connectivity index (χ1n) is 7.71. The summed E-state index contributed by atoms with van der Waals surface area (Å²) >= 11 is 0. The van der Waals surface area contributed by atoms with Crippen LogP contribution in [0.4, 0.5) is 0 Å². The Bertz CT molecular complexity index is 513. The smallest absolute Gasteiger partial charge is 0.246 e. The summed E-state index contributed by atoms with van der Waals surface area (Å²) in [7, 11) is -3.03. The molecule has 2 amide bonds. The van der Waals surface area contributed by atoms with Gasteiger partial charge in [0.05, 0.1) is 5.75 Å². The van der Waals surface area contributed by atoms with Crippen molar-refractivity contribution >= 4 is 21.7 Å². The van der Waals surface area contributed by atoms with Crippen LogP contribution in [0.25, 0.3) is 0 Å². The Kier molecular flexibility index (Phi) is 4.91. The molecule has 0 radical (unpaired) electrons. The molecule has 1 heterocycles. The molecule has 7 heteroatoms. The number of piperazine rings is 1. The normalized spacial score (nSPS) is 26.9. The summed E-state index contributed by atoms with van der Waals surface area (Å²) in [6.07, 6.45) is 2.90. The summed E-state index contributed by atoms with van der Waals surface area (Å²) in [5.41, 5.74) is 0. The highest BCUT2D eigenvalue weighted by Gasteiger charge is 2.46. The topological polar surface area (TPSA) is 83.6 Å². The van der Waals surface area contributed by atoms with Crippen LogP contribution in [0.3, 0.4) is 0 Å². The van der Waals surface area contributed by atoms with E-state index in [1.54, 1.807) is 11.8 Å². The fourth-order valence-corrected chi connectivity index (χ4v) is 3.66. The zero-order valence-electron chi connectivity index (χ0n) is 12.7. The van der Waals surface area contributed by atoms with Crippen LogP contribution < -0.4 is 5.32 Å². The predicted molar refractivity (Wildman–Crippen MR) is 79.4 cm³/mol. The molecule has 1 aliphatic heterocycles. The average Bonchev–Trinajstić information content (AvgIpc) is 3.26. The summed E-state index contributed by atoms with van der Waals surface area (Å²) < 4.78 is 23.1. The van der Waals surface area contributed by atoms with Gasteiger partial charge in [-0.25, -0.2) is 8.42 Å². The van der Waals surface area contributed by atoms with Crippen molar-refractivity contribution in [2.24, 2.45) is 5.92 Å². The molecule has 2 fully saturated rings. The highest BCUT2D eigenvalue weighted by atomic mass is 32.2. The van der Waals surface area contributed by atoms with Crippen molar-refractivity contribution in [2.45, 2.75) is 51.6 Å². The maximum absolute atomic E-state index is 12.5. The monoisotopic (exact) mass is 316 g/mol. The van der Waals surface area contributed by atoms with Gasteiger partial charge in [0.25, 0.3) is 0 Å². The molecular formula is C14H24N2O4S. The second-order valence-electron chi connectivity index (χ2n) is 5.87. The molecule has 0 aromatic carbocycles. The third kappa shape index (κ3) is 3.75. The van der Waals surface area contributed by atoms with Gasteiger partial charge >= 0.3 is 0 Å². The molecular weight excluding hydrogens is 292 g/mol. The second-order valence-corrected chi connectivity index (χ2v) is 8.34. The third-order valence-corrected chi connectivity index (χ3v) is 6.09. The number of carbonyl (C=O) groups excluding carboxylic acids is 2. The lowest BCUT2D eigenvalue weighted by molar-refractivity contribution is -0.150. The number of hydrogen-bond donors (Lipinski definition) is 1. The van der Waals surface area contributed by atoms with Crippen LogP contribution in [0.15, 0.2) is 0 Å². The number of amides is 2. The largest absolute Gasteiger partial charge is 0.342 e. The zero-order valence-corrected chi connectivity index (χ0v) is 13.5. The van der Waals surface area contributed by atoms with E-state index in [1.165, 1.54) is 0 Å². The van der Waals surface area contributed by atoms with Crippen LogP contribution >= 0.6 is 0 Å². The fraction of sp³-hybridized carbons (Fsp3) is 0.857. The quantitative estimate of drug-likeness (QED) is 0.733. The highest BCUT2D eigenvalue weighted by Crippen LogP contribution is 2.35. The summed E-state index contributed by atoms with van der Waals surface area (Å²) in [6, 6.07) is -0.861. The van der Waals surface area contributed by atoms with E-state index in [1.807, 2.05) is 6.92 Å². The minimum atomic E-state index is -3.03. The first-order chi connectivity index (χ1) is 9.89. The van der Waals surface area contributed by atoms with E-state index in [0.29, 0.717) is 19.4 Å². The molecule has 0 aromatic heterocycles. The number of hydrogen-bond acceptors (Lipinski definition) is 4. The van der Waals surface area contributed by atoms with E-state index in [9.17, 15) is 18.0 Å². The maximum atomic E-state index is 12.5. The molecule has 2 rings (SSSR count). The van der Waals surface area contributed by atoms with E-state index in [2.05, 4.69) is 5.32 Å². The van der Waals surface area contributed by atoms with Gasteiger partial charge in [0.1, 0.15) is 21.9 Å². The lowest BCUT2D eigenvalue weighted by atomic mass is 10.0. The van der Waals surface area contributed by atoms with Crippen molar-refractivity contribution < 1.29 is 18.0 Å². The molecule has 2 aliphatic rings. The zero-order chi connectivity index (χ0) is 15.6. The van der Waals surface area contributed by atoms with Crippen molar-refractivity contribution in [1.29, 1.82) is 0 Å².